The zero-order chi connectivity index (χ0) is 12.6. The molecule has 0 aromatic rings. The summed E-state index contributed by atoms with van der Waals surface area (Å²) >= 11 is 0. The molecule has 3 heteroatoms. The van der Waals surface area contributed by atoms with Crippen molar-refractivity contribution in [2.45, 2.75) is 65.0 Å². The van der Waals surface area contributed by atoms with Crippen LogP contribution in [0.25, 0.3) is 0 Å². The van der Waals surface area contributed by atoms with Gasteiger partial charge < -0.3 is 10.4 Å². The molecule has 3 nitrogen and oxygen atoms in total. The average Bonchev–Trinajstić information content (AvgIpc) is 2.48. The van der Waals surface area contributed by atoms with Crippen molar-refractivity contribution in [1.29, 1.82) is 0 Å². The number of nitrogens with one attached hydrogen (secondary N) is 1. The summed E-state index contributed by atoms with van der Waals surface area (Å²) in [7, 11) is 0. The Hall–Kier alpha value is -0.570. The third-order valence-corrected chi connectivity index (χ3v) is 4.16. The van der Waals surface area contributed by atoms with Crippen molar-refractivity contribution in [1.82, 2.24) is 5.32 Å². The zero-order valence-electron chi connectivity index (χ0n) is 11.1. The lowest BCUT2D eigenvalue weighted by Gasteiger charge is -2.39. The van der Waals surface area contributed by atoms with Crippen molar-refractivity contribution in [2.24, 2.45) is 11.8 Å². The van der Waals surface area contributed by atoms with Gasteiger partial charge in [0, 0.05) is 5.92 Å². The molecule has 0 aromatic carbocycles. The van der Waals surface area contributed by atoms with Gasteiger partial charge in [0.2, 0.25) is 5.91 Å². The second kappa shape index (κ2) is 4.36. The van der Waals surface area contributed by atoms with E-state index in [1.807, 2.05) is 13.8 Å². The van der Waals surface area contributed by atoms with E-state index in [0.29, 0.717) is 5.92 Å². The van der Waals surface area contributed by atoms with Gasteiger partial charge in [0.05, 0.1) is 11.1 Å². The van der Waals surface area contributed by atoms with E-state index >= 15 is 0 Å². The van der Waals surface area contributed by atoms with E-state index in [2.05, 4.69) is 12.2 Å². The molecule has 0 bridgehead atoms. The van der Waals surface area contributed by atoms with Gasteiger partial charge in [-0.25, -0.2) is 0 Å². The Kier molecular flexibility index (Phi) is 3.68. The van der Waals surface area contributed by atoms with Crippen LogP contribution in [0.5, 0.6) is 0 Å². The molecule has 1 aliphatic rings. The van der Waals surface area contributed by atoms with Crippen LogP contribution in [-0.2, 0) is 4.79 Å². The first kappa shape index (κ1) is 13.5. The Labute approximate surface area is 98.6 Å². The van der Waals surface area contributed by atoms with Crippen LogP contribution in [0.3, 0.4) is 0 Å². The molecule has 0 radical (unpaired) electrons. The third-order valence-electron chi connectivity index (χ3n) is 4.16. The number of carbonyl (C=O) groups is 1. The molecule has 2 unspecified atom stereocenters. The Bertz CT molecular complexity index is 266. The van der Waals surface area contributed by atoms with Crippen LogP contribution in [0.4, 0.5) is 0 Å². The predicted molar refractivity (Wildman–Crippen MR) is 65.0 cm³/mol. The smallest absolute Gasteiger partial charge is 0.223 e. The van der Waals surface area contributed by atoms with Gasteiger partial charge in [-0.3, -0.25) is 4.79 Å². The molecule has 0 aromatic heterocycles. The first-order chi connectivity index (χ1) is 7.15. The maximum absolute atomic E-state index is 12.1. The van der Waals surface area contributed by atoms with Gasteiger partial charge in [-0.2, -0.15) is 0 Å². The highest BCUT2D eigenvalue weighted by molar-refractivity contribution is 5.80. The van der Waals surface area contributed by atoms with Gasteiger partial charge in [-0.15, -0.1) is 0 Å². The summed E-state index contributed by atoms with van der Waals surface area (Å²) in [4.78, 5) is 12.1. The molecule has 1 rings (SSSR count). The standard InChI is InChI=1S/C13H25NO2/c1-9-7-6-8-10(9)11(15)14-12(2,3)13(4,5)16/h9-10,16H,6-8H2,1-5H3,(H,14,15). The Balaban J connectivity index is 2.64. The number of aliphatic hydroxyl groups is 1. The van der Waals surface area contributed by atoms with Gasteiger partial charge in [0.15, 0.2) is 0 Å². The number of amides is 1. The summed E-state index contributed by atoms with van der Waals surface area (Å²) in [5.41, 5.74) is -1.50. The summed E-state index contributed by atoms with van der Waals surface area (Å²) in [6.45, 7) is 9.32. The largest absolute Gasteiger partial charge is 0.388 e. The maximum Gasteiger partial charge on any atom is 0.223 e. The summed E-state index contributed by atoms with van der Waals surface area (Å²) in [5.74, 6) is 0.691. The van der Waals surface area contributed by atoms with Crippen LogP contribution >= 0.6 is 0 Å². The quantitative estimate of drug-likeness (QED) is 0.775. The summed E-state index contributed by atoms with van der Waals surface area (Å²) < 4.78 is 0. The molecule has 0 saturated heterocycles. The van der Waals surface area contributed by atoms with Crippen molar-refractivity contribution in [2.75, 3.05) is 0 Å². The van der Waals surface area contributed by atoms with E-state index in [1.165, 1.54) is 0 Å². The molecule has 1 aliphatic carbocycles. The molecule has 0 heterocycles. The van der Waals surface area contributed by atoms with Gasteiger partial charge in [0.25, 0.3) is 0 Å². The molecule has 16 heavy (non-hydrogen) atoms. The first-order valence-electron chi connectivity index (χ1n) is 6.19. The summed E-state index contributed by atoms with van der Waals surface area (Å²) in [6.07, 6.45) is 3.26. The molecule has 1 amide bonds. The highest BCUT2D eigenvalue weighted by Crippen LogP contribution is 2.32. The van der Waals surface area contributed by atoms with E-state index in [-0.39, 0.29) is 11.8 Å². The average molecular weight is 227 g/mol. The Morgan fingerprint density at radius 3 is 2.19 bits per heavy atom. The van der Waals surface area contributed by atoms with Crippen LogP contribution in [0, 0.1) is 11.8 Å². The van der Waals surface area contributed by atoms with Crippen molar-refractivity contribution < 1.29 is 9.90 Å². The van der Waals surface area contributed by atoms with Crippen molar-refractivity contribution in [3.8, 4) is 0 Å². The van der Waals surface area contributed by atoms with Crippen LogP contribution < -0.4 is 5.32 Å². The van der Waals surface area contributed by atoms with E-state index < -0.39 is 11.1 Å². The normalized spacial score (nSPS) is 26.9. The molecule has 2 N–H and O–H groups in total. The molecule has 0 spiro atoms. The maximum atomic E-state index is 12.1. The SMILES string of the molecule is CC1CCCC1C(=O)NC(C)(C)C(C)(C)O. The topological polar surface area (TPSA) is 49.3 Å². The van der Waals surface area contributed by atoms with E-state index in [0.717, 1.165) is 19.3 Å². The fraction of sp³-hybridized carbons (Fsp3) is 0.923. The Morgan fingerprint density at radius 1 is 1.25 bits per heavy atom. The number of hydrogen-bond donors (Lipinski definition) is 2. The van der Waals surface area contributed by atoms with Crippen LogP contribution in [0.15, 0.2) is 0 Å². The lowest BCUT2D eigenvalue weighted by atomic mass is 9.85. The van der Waals surface area contributed by atoms with Gasteiger partial charge in [-0.05, 0) is 46.5 Å². The molecule has 1 fully saturated rings. The number of carbonyl (C=O) groups excluding carboxylic acids is 1. The molecule has 1 saturated carbocycles. The van der Waals surface area contributed by atoms with Crippen molar-refractivity contribution in [3.05, 3.63) is 0 Å². The lowest BCUT2D eigenvalue weighted by molar-refractivity contribution is -0.131. The minimum atomic E-state index is -0.912. The molecule has 94 valence electrons. The van der Waals surface area contributed by atoms with Crippen LogP contribution in [-0.4, -0.2) is 22.2 Å². The minimum absolute atomic E-state index is 0.0946. The Morgan fingerprint density at radius 2 is 1.81 bits per heavy atom. The lowest BCUT2D eigenvalue weighted by Crippen LogP contribution is -2.59. The summed E-state index contributed by atoms with van der Waals surface area (Å²) in [5, 5.41) is 13.0. The fourth-order valence-corrected chi connectivity index (χ4v) is 2.09. The van der Waals surface area contributed by atoms with Gasteiger partial charge >= 0.3 is 0 Å². The van der Waals surface area contributed by atoms with Crippen molar-refractivity contribution >= 4 is 5.91 Å². The second-order valence-corrected chi connectivity index (χ2v) is 6.19. The van der Waals surface area contributed by atoms with E-state index in [9.17, 15) is 9.90 Å². The predicted octanol–water partition coefficient (Wildman–Crippen LogP) is 2.09. The van der Waals surface area contributed by atoms with Gasteiger partial charge in [0.1, 0.15) is 0 Å². The molecular weight excluding hydrogens is 202 g/mol. The van der Waals surface area contributed by atoms with Crippen LogP contribution in [0.1, 0.15) is 53.9 Å². The van der Waals surface area contributed by atoms with E-state index in [1.54, 1.807) is 13.8 Å². The third kappa shape index (κ3) is 2.76. The molecule has 0 aliphatic heterocycles. The highest BCUT2D eigenvalue weighted by atomic mass is 16.3. The zero-order valence-corrected chi connectivity index (χ0v) is 11.1. The van der Waals surface area contributed by atoms with E-state index in [4.69, 9.17) is 0 Å². The monoisotopic (exact) mass is 227 g/mol. The minimum Gasteiger partial charge on any atom is -0.388 e. The van der Waals surface area contributed by atoms with Crippen molar-refractivity contribution in [3.63, 3.8) is 0 Å². The van der Waals surface area contributed by atoms with Crippen LogP contribution in [0.2, 0.25) is 0 Å². The summed E-state index contributed by atoms with van der Waals surface area (Å²) in [6, 6.07) is 0. The second-order valence-electron chi connectivity index (χ2n) is 6.19. The molecular formula is C13H25NO2. The number of rotatable bonds is 3. The van der Waals surface area contributed by atoms with Gasteiger partial charge in [-0.1, -0.05) is 13.3 Å². The number of hydrogen-bond acceptors (Lipinski definition) is 2. The highest BCUT2D eigenvalue weighted by Gasteiger charge is 2.39. The molecule has 2 atom stereocenters. The first-order valence-corrected chi connectivity index (χ1v) is 6.19. The fourth-order valence-electron chi connectivity index (χ4n) is 2.09.